The lowest BCUT2D eigenvalue weighted by Crippen LogP contribution is -2.27. The van der Waals surface area contributed by atoms with Crippen LogP contribution in [0.15, 0.2) is 46.2 Å². The fraction of sp³-hybridized carbons (Fsp3) is 0.429. The lowest BCUT2D eigenvalue weighted by molar-refractivity contribution is 0.318. The normalized spacial score (nSPS) is 13.4. The highest BCUT2D eigenvalue weighted by Crippen LogP contribution is 2.50. The molecule has 0 radical (unpaired) electrons. The summed E-state index contributed by atoms with van der Waals surface area (Å²) in [5.74, 6) is 0.00513. The molecule has 4 nitrogen and oxygen atoms in total. The summed E-state index contributed by atoms with van der Waals surface area (Å²) in [6, 6.07) is 12.2. The van der Waals surface area contributed by atoms with Gasteiger partial charge >= 0.3 is 0 Å². The molecule has 1 heterocycles. The molecule has 2 aromatic carbocycles. The Hall–Kier alpha value is -1.50. The van der Waals surface area contributed by atoms with Gasteiger partial charge in [0.1, 0.15) is 0 Å². The van der Waals surface area contributed by atoms with Gasteiger partial charge in [0.2, 0.25) is 0 Å². The van der Waals surface area contributed by atoms with Gasteiger partial charge in [0.05, 0.1) is 17.1 Å². The van der Waals surface area contributed by atoms with Crippen LogP contribution in [0.25, 0.3) is 0 Å². The monoisotopic (exact) mass is 405 g/mol. The molecular weight excluding hydrogens is 378 g/mol. The van der Waals surface area contributed by atoms with Crippen LogP contribution in [0.2, 0.25) is 0 Å². The smallest absolute Gasteiger partial charge is 0.202 e. The molecule has 2 aromatic rings. The Morgan fingerprint density at radius 1 is 0.963 bits per heavy atom. The van der Waals surface area contributed by atoms with Crippen molar-refractivity contribution in [2.45, 2.75) is 62.7 Å². The molecule has 0 aromatic heterocycles. The van der Waals surface area contributed by atoms with Crippen LogP contribution in [0.1, 0.15) is 51.2 Å². The molecule has 0 atom stereocenters. The highest BCUT2D eigenvalue weighted by Gasteiger charge is 2.30. The van der Waals surface area contributed by atoms with Gasteiger partial charge in [0.15, 0.2) is 0 Å². The van der Waals surface area contributed by atoms with Crippen molar-refractivity contribution < 1.29 is 12.7 Å². The number of hydrogen-bond donors (Lipinski definition) is 0. The predicted octanol–water partition coefficient (Wildman–Crippen LogP) is 5.87. The summed E-state index contributed by atoms with van der Waals surface area (Å²) in [5.41, 5.74) is 4.10. The molecule has 6 heteroatoms. The molecule has 0 saturated carbocycles. The van der Waals surface area contributed by atoms with E-state index < -0.39 is 10.1 Å². The third kappa shape index (κ3) is 4.50. The van der Waals surface area contributed by atoms with E-state index >= 15 is 0 Å². The second-order valence-corrected chi connectivity index (χ2v) is 9.56. The maximum atomic E-state index is 12.5. The van der Waals surface area contributed by atoms with Crippen LogP contribution in [0.5, 0.6) is 0 Å². The number of hydrogen-bond acceptors (Lipinski definition) is 5. The summed E-state index contributed by atoms with van der Waals surface area (Å²) in [7, 11) is -3.65. The van der Waals surface area contributed by atoms with E-state index in [0.717, 1.165) is 52.4 Å². The quantitative estimate of drug-likeness (QED) is 0.550. The fourth-order valence-corrected chi connectivity index (χ4v) is 5.47. The standard InChI is InChI=1S/C21H27NO3S2/c1-4-9-16-14-17(10-5-2)21-20(15-16)26-19-12-8-7-11-18(19)22(21)25-27(23,24)13-6-3/h7-8,11-12,14-15H,4-6,9-10,13H2,1-3H3. The minimum absolute atomic E-state index is 0.00513. The summed E-state index contributed by atoms with van der Waals surface area (Å²) in [6.45, 7) is 6.16. The lowest BCUT2D eigenvalue weighted by atomic mass is 10.0. The minimum Gasteiger partial charge on any atom is -0.202 e. The Bertz CT molecular complexity index is 910. The summed E-state index contributed by atoms with van der Waals surface area (Å²) in [4.78, 5) is 2.07. The molecule has 0 saturated heterocycles. The Labute approximate surface area is 167 Å². The Morgan fingerprint density at radius 3 is 2.41 bits per heavy atom. The maximum absolute atomic E-state index is 12.5. The number of para-hydroxylation sites is 1. The van der Waals surface area contributed by atoms with E-state index in [1.165, 1.54) is 5.56 Å². The van der Waals surface area contributed by atoms with Gasteiger partial charge in [-0.2, -0.15) is 8.42 Å². The number of fused-ring (bicyclic) bond motifs is 2. The summed E-state index contributed by atoms with van der Waals surface area (Å²) in [6.07, 6.45) is 4.49. The van der Waals surface area contributed by atoms with Crippen molar-refractivity contribution in [1.82, 2.24) is 0 Å². The average Bonchev–Trinajstić information content (AvgIpc) is 2.61. The van der Waals surface area contributed by atoms with Crippen molar-refractivity contribution in [3.8, 4) is 0 Å². The van der Waals surface area contributed by atoms with Crippen molar-refractivity contribution in [3.63, 3.8) is 0 Å². The molecular formula is C21H27NO3S2. The summed E-state index contributed by atoms with van der Waals surface area (Å²) in [5, 5.41) is 1.55. The maximum Gasteiger partial charge on any atom is 0.288 e. The number of aryl methyl sites for hydroxylation is 2. The Kier molecular flexibility index (Phi) is 6.50. The first-order chi connectivity index (χ1) is 13.0. The predicted molar refractivity (Wildman–Crippen MR) is 112 cm³/mol. The summed E-state index contributed by atoms with van der Waals surface area (Å²) >= 11 is 1.69. The van der Waals surface area contributed by atoms with Crippen molar-refractivity contribution >= 4 is 33.3 Å². The topological polar surface area (TPSA) is 46.6 Å². The zero-order valence-corrected chi connectivity index (χ0v) is 17.8. The minimum atomic E-state index is -3.65. The lowest BCUT2D eigenvalue weighted by Gasteiger charge is -2.33. The fourth-order valence-electron chi connectivity index (χ4n) is 3.36. The molecule has 1 aliphatic heterocycles. The molecule has 27 heavy (non-hydrogen) atoms. The van der Waals surface area contributed by atoms with Crippen LogP contribution in [0, 0.1) is 0 Å². The molecule has 0 spiro atoms. The van der Waals surface area contributed by atoms with Crippen LogP contribution in [0.4, 0.5) is 11.4 Å². The van der Waals surface area contributed by atoms with E-state index in [1.807, 2.05) is 31.2 Å². The van der Waals surface area contributed by atoms with E-state index in [1.54, 1.807) is 16.8 Å². The number of anilines is 2. The van der Waals surface area contributed by atoms with Crippen LogP contribution in [0.3, 0.4) is 0 Å². The van der Waals surface area contributed by atoms with E-state index in [2.05, 4.69) is 26.0 Å². The van der Waals surface area contributed by atoms with Gasteiger partial charge in [-0.15, -0.1) is 4.28 Å². The molecule has 0 aliphatic carbocycles. The van der Waals surface area contributed by atoms with Gasteiger partial charge in [0, 0.05) is 9.79 Å². The molecule has 0 unspecified atom stereocenters. The molecule has 0 amide bonds. The van der Waals surface area contributed by atoms with E-state index in [0.29, 0.717) is 6.42 Å². The van der Waals surface area contributed by atoms with Crippen LogP contribution >= 0.6 is 11.8 Å². The highest BCUT2D eigenvalue weighted by molar-refractivity contribution is 7.99. The number of benzene rings is 2. The van der Waals surface area contributed by atoms with Crippen LogP contribution in [-0.4, -0.2) is 14.2 Å². The second kappa shape index (κ2) is 8.67. The van der Waals surface area contributed by atoms with Gasteiger partial charge in [-0.3, -0.25) is 0 Å². The number of nitrogens with zero attached hydrogens (tertiary/aromatic N) is 1. The first-order valence-electron chi connectivity index (χ1n) is 9.64. The average molecular weight is 406 g/mol. The molecule has 1 aliphatic rings. The van der Waals surface area contributed by atoms with Crippen LogP contribution < -0.4 is 5.06 Å². The molecule has 0 N–H and O–H groups in total. The zero-order valence-electron chi connectivity index (χ0n) is 16.2. The summed E-state index contributed by atoms with van der Waals surface area (Å²) < 4.78 is 30.6. The highest BCUT2D eigenvalue weighted by atomic mass is 32.2. The van der Waals surface area contributed by atoms with Gasteiger partial charge < -0.3 is 0 Å². The molecule has 146 valence electrons. The third-order valence-corrected chi connectivity index (χ3v) is 6.80. The van der Waals surface area contributed by atoms with E-state index in [-0.39, 0.29) is 5.75 Å². The van der Waals surface area contributed by atoms with Gasteiger partial charge in [0.25, 0.3) is 10.1 Å². The zero-order chi connectivity index (χ0) is 19.4. The second-order valence-electron chi connectivity index (χ2n) is 6.80. The van der Waals surface area contributed by atoms with E-state index in [9.17, 15) is 8.42 Å². The van der Waals surface area contributed by atoms with Crippen molar-refractivity contribution in [1.29, 1.82) is 0 Å². The van der Waals surface area contributed by atoms with Crippen LogP contribution in [-0.2, 0) is 27.2 Å². The molecule has 0 bridgehead atoms. The molecule has 0 fully saturated rings. The SMILES string of the molecule is CCCc1cc(CCC)c2c(c1)Sc1ccccc1N2OS(=O)(=O)CCC. The number of rotatable bonds is 8. The largest absolute Gasteiger partial charge is 0.288 e. The molecule has 3 rings (SSSR count). The van der Waals surface area contributed by atoms with Crippen molar-refractivity contribution in [2.24, 2.45) is 0 Å². The first-order valence-corrected chi connectivity index (χ1v) is 12.0. The van der Waals surface area contributed by atoms with Crippen molar-refractivity contribution in [2.75, 3.05) is 10.8 Å². The van der Waals surface area contributed by atoms with Gasteiger partial charge in [-0.1, -0.05) is 63.6 Å². The first kappa shape index (κ1) is 20.2. The van der Waals surface area contributed by atoms with Gasteiger partial charge in [-0.05, 0) is 48.6 Å². The van der Waals surface area contributed by atoms with Gasteiger partial charge in [-0.25, -0.2) is 5.06 Å². The Morgan fingerprint density at radius 2 is 1.70 bits per heavy atom. The Balaban J connectivity index is 2.16. The van der Waals surface area contributed by atoms with E-state index in [4.69, 9.17) is 4.28 Å². The van der Waals surface area contributed by atoms with Crippen molar-refractivity contribution in [3.05, 3.63) is 47.5 Å². The third-order valence-electron chi connectivity index (χ3n) is 4.42.